The summed E-state index contributed by atoms with van der Waals surface area (Å²) in [7, 11) is 0. The molecule has 0 bridgehead atoms. The van der Waals surface area contributed by atoms with Gasteiger partial charge >= 0.3 is 6.18 Å². The predicted octanol–water partition coefficient (Wildman–Crippen LogP) is 3.32. The van der Waals surface area contributed by atoms with Crippen LogP contribution in [0.4, 0.5) is 23.5 Å². The van der Waals surface area contributed by atoms with E-state index in [1.165, 1.54) is 25.1 Å². The third-order valence-corrected chi connectivity index (χ3v) is 2.38. The minimum absolute atomic E-state index is 0.240. The van der Waals surface area contributed by atoms with E-state index < -0.39 is 29.5 Å². The van der Waals surface area contributed by atoms with Gasteiger partial charge < -0.3 is 10.5 Å². The van der Waals surface area contributed by atoms with Gasteiger partial charge in [-0.1, -0.05) is 12.1 Å². The van der Waals surface area contributed by atoms with Crippen LogP contribution in [-0.4, -0.2) is 9.97 Å². The maximum absolute atomic E-state index is 13.7. The number of nitrogen functional groups attached to an aromatic ring is 1. The number of nitrogens with two attached hydrogens (primary N) is 1. The predicted molar refractivity (Wildman–Crippen MR) is 62.7 cm³/mol. The number of halogens is 4. The molecule has 0 aliphatic rings. The molecule has 1 aromatic heterocycles. The zero-order valence-corrected chi connectivity index (χ0v) is 10.2. The number of aryl methyl sites for hydroxylation is 1. The highest BCUT2D eigenvalue weighted by Gasteiger charge is 2.34. The fourth-order valence-electron chi connectivity index (χ4n) is 1.45. The Morgan fingerprint density at radius 3 is 2.55 bits per heavy atom. The van der Waals surface area contributed by atoms with E-state index in [1.54, 1.807) is 0 Å². The first-order valence-corrected chi connectivity index (χ1v) is 5.42. The number of hydrogen-bond donors (Lipinski definition) is 1. The molecule has 1 aromatic carbocycles. The van der Waals surface area contributed by atoms with Crippen LogP contribution >= 0.6 is 0 Å². The number of anilines is 1. The number of alkyl halides is 3. The van der Waals surface area contributed by atoms with Crippen molar-refractivity contribution in [2.45, 2.75) is 13.1 Å². The molecule has 0 spiro atoms. The Balaban J connectivity index is 2.39. The molecule has 106 valence electrons. The third kappa shape index (κ3) is 2.95. The van der Waals surface area contributed by atoms with Gasteiger partial charge in [0.25, 0.3) is 0 Å². The standard InChI is InChI=1S/C12H9F4N3O/c1-6-3-2-4-7(10(6)13)20-9-5-8(12(14,15)16)18-11(17)19-9/h2-5H,1H3,(H2,17,18,19). The lowest BCUT2D eigenvalue weighted by Crippen LogP contribution is -2.11. The van der Waals surface area contributed by atoms with Gasteiger partial charge in [-0.3, -0.25) is 0 Å². The van der Waals surface area contributed by atoms with Gasteiger partial charge in [-0.05, 0) is 18.6 Å². The van der Waals surface area contributed by atoms with Crippen LogP contribution < -0.4 is 10.5 Å². The zero-order chi connectivity index (χ0) is 14.9. The monoisotopic (exact) mass is 287 g/mol. The maximum atomic E-state index is 13.7. The molecule has 0 amide bonds. The van der Waals surface area contributed by atoms with Gasteiger partial charge in [0.1, 0.15) is 0 Å². The van der Waals surface area contributed by atoms with E-state index in [1.807, 2.05) is 0 Å². The minimum atomic E-state index is -4.69. The molecule has 2 aromatic rings. The van der Waals surface area contributed by atoms with E-state index in [0.717, 1.165) is 0 Å². The molecule has 8 heteroatoms. The molecule has 2 N–H and O–H groups in total. The summed E-state index contributed by atoms with van der Waals surface area (Å²) < 4.78 is 56.4. The molecular weight excluding hydrogens is 278 g/mol. The third-order valence-electron chi connectivity index (χ3n) is 2.38. The fourth-order valence-corrected chi connectivity index (χ4v) is 1.45. The Kier molecular flexibility index (Phi) is 3.47. The lowest BCUT2D eigenvalue weighted by molar-refractivity contribution is -0.141. The van der Waals surface area contributed by atoms with Gasteiger partial charge in [0.2, 0.25) is 11.8 Å². The van der Waals surface area contributed by atoms with Crippen molar-refractivity contribution >= 4 is 5.95 Å². The molecule has 0 aliphatic heterocycles. The molecule has 0 unspecified atom stereocenters. The second-order valence-electron chi connectivity index (χ2n) is 3.94. The first kappa shape index (κ1) is 14.0. The van der Waals surface area contributed by atoms with Gasteiger partial charge in [-0.15, -0.1) is 0 Å². The average molecular weight is 287 g/mol. The van der Waals surface area contributed by atoms with Crippen molar-refractivity contribution < 1.29 is 22.3 Å². The van der Waals surface area contributed by atoms with Crippen molar-refractivity contribution in [1.29, 1.82) is 0 Å². The van der Waals surface area contributed by atoms with Crippen LogP contribution in [0.5, 0.6) is 11.6 Å². The van der Waals surface area contributed by atoms with Gasteiger partial charge in [0, 0.05) is 6.07 Å². The molecule has 0 aliphatic carbocycles. The summed E-state index contributed by atoms with van der Waals surface area (Å²) in [4.78, 5) is 6.55. The Labute approximate surface area is 111 Å². The molecule has 2 rings (SSSR count). The summed E-state index contributed by atoms with van der Waals surface area (Å²) in [5.74, 6) is -2.01. The quantitative estimate of drug-likeness (QED) is 0.861. The summed E-state index contributed by atoms with van der Waals surface area (Å²) in [6.07, 6.45) is -4.69. The van der Waals surface area contributed by atoms with Crippen molar-refractivity contribution in [2.75, 3.05) is 5.73 Å². The largest absolute Gasteiger partial charge is 0.436 e. The van der Waals surface area contributed by atoms with Gasteiger partial charge in [-0.2, -0.15) is 18.2 Å². The van der Waals surface area contributed by atoms with Crippen molar-refractivity contribution in [2.24, 2.45) is 0 Å². The molecule has 0 atom stereocenters. The average Bonchev–Trinajstić information content (AvgIpc) is 2.33. The van der Waals surface area contributed by atoms with Crippen LogP contribution in [0.1, 0.15) is 11.3 Å². The van der Waals surface area contributed by atoms with E-state index in [0.29, 0.717) is 11.6 Å². The van der Waals surface area contributed by atoms with Crippen LogP contribution in [0.25, 0.3) is 0 Å². The minimum Gasteiger partial charge on any atom is -0.436 e. The second-order valence-corrected chi connectivity index (χ2v) is 3.94. The van der Waals surface area contributed by atoms with Crippen molar-refractivity contribution in [3.05, 3.63) is 41.3 Å². The molecule has 1 heterocycles. The van der Waals surface area contributed by atoms with Crippen molar-refractivity contribution in [3.8, 4) is 11.6 Å². The highest BCUT2D eigenvalue weighted by atomic mass is 19.4. The number of nitrogens with zero attached hydrogens (tertiary/aromatic N) is 2. The topological polar surface area (TPSA) is 61.0 Å². The zero-order valence-electron chi connectivity index (χ0n) is 10.2. The number of ether oxygens (including phenoxy) is 1. The summed E-state index contributed by atoms with van der Waals surface area (Å²) in [6.45, 7) is 1.50. The summed E-state index contributed by atoms with van der Waals surface area (Å²) >= 11 is 0. The highest BCUT2D eigenvalue weighted by Crippen LogP contribution is 2.32. The Hall–Kier alpha value is -2.38. The smallest absolute Gasteiger partial charge is 0.433 e. The maximum Gasteiger partial charge on any atom is 0.433 e. The molecule has 20 heavy (non-hydrogen) atoms. The lowest BCUT2D eigenvalue weighted by Gasteiger charge is -2.10. The molecular formula is C12H9F4N3O. The first-order valence-electron chi connectivity index (χ1n) is 5.42. The number of aromatic nitrogens is 2. The van der Waals surface area contributed by atoms with Crippen LogP contribution in [0.3, 0.4) is 0 Å². The Morgan fingerprint density at radius 1 is 1.20 bits per heavy atom. The summed E-state index contributed by atoms with van der Waals surface area (Å²) in [6, 6.07) is 4.83. The summed E-state index contributed by atoms with van der Waals surface area (Å²) in [5.41, 5.74) is 4.22. The van der Waals surface area contributed by atoms with Crippen LogP contribution in [-0.2, 0) is 6.18 Å². The fraction of sp³-hybridized carbons (Fsp3) is 0.167. The first-order chi connectivity index (χ1) is 9.27. The van der Waals surface area contributed by atoms with E-state index in [2.05, 4.69) is 9.97 Å². The number of benzene rings is 1. The van der Waals surface area contributed by atoms with E-state index >= 15 is 0 Å². The normalized spacial score (nSPS) is 11.4. The Bertz CT molecular complexity index is 643. The number of rotatable bonds is 2. The van der Waals surface area contributed by atoms with Crippen LogP contribution in [0.2, 0.25) is 0 Å². The highest BCUT2D eigenvalue weighted by molar-refractivity contribution is 5.35. The van der Waals surface area contributed by atoms with E-state index in [4.69, 9.17) is 10.5 Å². The van der Waals surface area contributed by atoms with Gasteiger partial charge in [-0.25, -0.2) is 9.37 Å². The van der Waals surface area contributed by atoms with Crippen molar-refractivity contribution in [3.63, 3.8) is 0 Å². The molecule has 0 fully saturated rings. The second kappa shape index (κ2) is 4.95. The summed E-state index contributed by atoms with van der Waals surface area (Å²) in [5, 5.41) is 0. The van der Waals surface area contributed by atoms with Gasteiger partial charge in [0.05, 0.1) is 0 Å². The van der Waals surface area contributed by atoms with E-state index in [-0.39, 0.29) is 5.75 Å². The van der Waals surface area contributed by atoms with Crippen LogP contribution in [0.15, 0.2) is 24.3 Å². The number of hydrogen-bond acceptors (Lipinski definition) is 4. The van der Waals surface area contributed by atoms with Crippen molar-refractivity contribution in [1.82, 2.24) is 9.97 Å². The lowest BCUT2D eigenvalue weighted by atomic mass is 10.2. The van der Waals surface area contributed by atoms with E-state index in [9.17, 15) is 17.6 Å². The molecule has 4 nitrogen and oxygen atoms in total. The molecule has 0 saturated heterocycles. The Morgan fingerprint density at radius 2 is 1.90 bits per heavy atom. The van der Waals surface area contributed by atoms with Gasteiger partial charge in [0.15, 0.2) is 17.3 Å². The van der Waals surface area contributed by atoms with Crippen LogP contribution in [0, 0.1) is 12.7 Å². The molecule has 0 radical (unpaired) electrons. The SMILES string of the molecule is Cc1cccc(Oc2cc(C(F)(F)F)nc(N)n2)c1F. The molecule has 0 saturated carbocycles.